The highest BCUT2D eigenvalue weighted by atomic mass is 32.2. The lowest BCUT2D eigenvalue weighted by molar-refractivity contribution is -0.00516. The van der Waals surface area contributed by atoms with E-state index in [2.05, 4.69) is 0 Å². The molecule has 10 heavy (non-hydrogen) atoms. The fourth-order valence-corrected chi connectivity index (χ4v) is 2.32. The standard InChI is InChI=1S/C6H10F2OS/c7-6(8)5(9)4-2-1-3-10-4/h4-6,9H,1-3H2. The SMILES string of the molecule is OC(C(F)F)C1CCCS1. The number of hydrogen-bond donors (Lipinski definition) is 1. The summed E-state index contributed by atoms with van der Waals surface area (Å²) in [6.07, 6.45) is -2.29. The van der Waals surface area contributed by atoms with Crippen LogP contribution >= 0.6 is 11.8 Å². The molecule has 0 aromatic carbocycles. The van der Waals surface area contributed by atoms with Crippen molar-refractivity contribution < 1.29 is 13.9 Å². The number of rotatable bonds is 2. The van der Waals surface area contributed by atoms with E-state index in [1.54, 1.807) is 0 Å². The Morgan fingerprint density at radius 1 is 1.50 bits per heavy atom. The number of alkyl halides is 2. The van der Waals surface area contributed by atoms with E-state index in [1.807, 2.05) is 0 Å². The summed E-state index contributed by atoms with van der Waals surface area (Å²) in [5, 5.41) is 8.63. The molecule has 0 aromatic heterocycles. The first-order valence-corrected chi connectivity index (χ1v) is 4.34. The molecule has 0 spiro atoms. The van der Waals surface area contributed by atoms with Gasteiger partial charge in [0.2, 0.25) is 0 Å². The maximum absolute atomic E-state index is 11.8. The van der Waals surface area contributed by atoms with E-state index in [0.717, 1.165) is 18.6 Å². The minimum absolute atomic E-state index is 0.222. The van der Waals surface area contributed by atoms with E-state index < -0.39 is 12.5 Å². The average molecular weight is 168 g/mol. The van der Waals surface area contributed by atoms with Crippen LogP contribution in [0.5, 0.6) is 0 Å². The molecule has 4 heteroatoms. The molecule has 1 saturated heterocycles. The highest BCUT2D eigenvalue weighted by Gasteiger charge is 2.30. The van der Waals surface area contributed by atoms with Crippen LogP contribution in [-0.4, -0.2) is 28.6 Å². The van der Waals surface area contributed by atoms with Crippen molar-refractivity contribution in [3.63, 3.8) is 0 Å². The first kappa shape index (κ1) is 8.27. The normalized spacial score (nSPS) is 29.4. The zero-order chi connectivity index (χ0) is 7.56. The van der Waals surface area contributed by atoms with Gasteiger partial charge in [0, 0.05) is 5.25 Å². The number of hydrogen-bond acceptors (Lipinski definition) is 2. The Hall–Kier alpha value is 0.170. The Balaban J connectivity index is 2.32. The maximum Gasteiger partial charge on any atom is 0.265 e. The fraction of sp³-hybridized carbons (Fsp3) is 1.00. The fourth-order valence-electron chi connectivity index (χ4n) is 1.03. The quantitative estimate of drug-likeness (QED) is 0.674. The lowest BCUT2D eigenvalue weighted by Gasteiger charge is -2.14. The number of thioether (sulfide) groups is 1. The second-order valence-electron chi connectivity index (χ2n) is 2.38. The zero-order valence-corrected chi connectivity index (χ0v) is 6.28. The Kier molecular flexibility index (Phi) is 2.92. The summed E-state index contributed by atoms with van der Waals surface area (Å²) < 4.78 is 23.6. The Labute approximate surface area is 62.8 Å². The van der Waals surface area contributed by atoms with Crippen LogP contribution in [0.2, 0.25) is 0 Å². The van der Waals surface area contributed by atoms with Gasteiger partial charge >= 0.3 is 0 Å². The molecule has 2 atom stereocenters. The van der Waals surface area contributed by atoms with Gasteiger partial charge in [0.1, 0.15) is 6.10 Å². The molecule has 0 aromatic rings. The van der Waals surface area contributed by atoms with E-state index in [-0.39, 0.29) is 5.25 Å². The van der Waals surface area contributed by atoms with Gasteiger partial charge < -0.3 is 5.11 Å². The molecule has 1 aliphatic rings. The Bertz CT molecular complexity index is 104. The van der Waals surface area contributed by atoms with Crippen molar-refractivity contribution in [1.82, 2.24) is 0 Å². The van der Waals surface area contributed by atoms with E-state index >= 15 is 0 Å². The molecule has 2 unspecified atom stereocenters. The van der Waals surface area contributed by atoms with E-state index in [0.29, 0.717) is 0 Å². The zero-order valence-electron chi connectivity index (χ0n) is 5.46. The largest absolute Gasteiger partial charge is 0.386 e. The molecular weight excluding hydrogens is 158 g/mol. The summed E-state index contributed by atoms with van der Waals surface area (Å²) in [7, 11) is 0. The summed E-state index contributed by atoms with van der Waals surface area (Å²) in [4.78, 5) is 0. The smallest absolute Gasteiger partial charge is 0.265 e. The van der Waals surface area contributed by atoms with E-state index in [4.69, 9.17) is 5.11 Å². The molecule has 0 aliphatic carbocycles. The molecule has 0 saturated carbocycles. The third kappa shape index (κ3) is 1.83. The molecule has 60 valence electrons. The Morgan fingerprint density at radius 2 is 2.20 bits per heavy atom. The Morgan fingerprint density at radius 3 is 2.60 bits per heavy atom. The predicted molar refractivity (Wildman–Crippen MR) is 37.5 cm³/mol. The lowest BCUT2D eigenvalue weighted by atomic mass is 10.2. The summed E-state index contributed by atoms with van der Waals surface area (Å²) in [5.74, 6) is 0.911. The molecule has 1 rings (SSSR count). The van der Waals surface area contributed by atoms with Crippen LogP contribution < -0.4 is 0 Å². The molecule has 1 aliphatic heterocycles. The number of halogens is 2. The van der Waals surface area contributed by atoms with Crippen LogP contribution in [-0.2, 0) is 0 Å². The van der Waals surface area contributed by atoms with Gasteiger partial charge in [-0.05, 0) is 18.6 Å². The van der Waals surface area contributed by atoms with Crippen LogP contribution in [0.25, 0.3) is 0 Å². The number of aliphatic hydroxyl groups excluding tert-OH is 1. The van der Waals surface area contributed by atoms with Gasteiger partial charge in [0.25, 0.3) is 6.43 Å². The van der Waals surface area contributed by atoms with Crippen molar-refractivity contribution in [3.8, 4) is 0 Å². The molecule has 1 heterocycles. The number of aliphatic hydroxyl groups is 1. The third-order valence-electron chi connectivity index (χ3n) is 1.60. The topological polar surface area (TPSA) is 20.2 Å². The summed E-state index contributed by atoms with van der Waals surface area (Å²) in [6, 6.07) is 0. The molecule has 0 radical (unpaired) electrons. The summed E-state index contributed by atoms with van der Waals surface area (Å²) >= 11 is 1.45. The van der Waals surface area contributed by atoms with Gasteiger partial charge in [-0.15, -0.1) is 0 Å². The second-order valence-corrected chi connectivity index (χ2v) is 3.72. The van der Waals surface area contributed by atoms with Crippen molar-refractivity contribution in [2.24, 2.45) is 0 Å². The van der Waals surface area contributed by atoms with Gasteiger partial charge in [0.05, 0.1) is 0 Å². The highest BCUT2D eigenvalue weighted by molar-refractivity contribution is 8.00. The van der Waals surface area contributed by atoms with Crippen molar-refractivity contribution in [2.75, 3.05) is 5.75 Å². The van der Waals surface area contributed by atoms with Gasteiger partial charge in [-0.1, -0.05) is 0 Å². The maximum atomic E-state index is 11.8. The monoisotopic (exact) mass is 168 g/mol. The second kappa shape index (κ2) is 3.53. The minimum atomic E-state index is -2.57. The van der Waals surface area contributed by atoms with Crippen molar-refractivity contribution in [1.29, 1.82) is 0 Å². The predicted octanol–water partition coefficient (Wildman–Crippen LogP) is 1.51. The lowest BCUT2D eigenvalue weighted by Crippen LogP contribution is -2.28. The van der Waals surface area contributed by atoms with Crippen LogP contribution in [0.3, 0.4) is 0 Å². The van der Waals surface area contributed by atoms with Gasteiger partial charge in [-0.3, -0.25) is 0 Å². The van der Waals surface area contributed by atoms with E-state index in [1.165, 1.54) is 11.8 Å². The average Bonchev–Trinajstić information content (AvgIpc) is 2.36. The summed E-state index contributed by atoms with van der Waals surface area (Å²) in [6.45, 7) is 0. The van der Waals surface area contributed by atoms with Crippen LogP contribution in [0.15, 0.2) is 0 Å². The molecule has 0 bridgehead atoms. The highest BCUT2D eigenvalue weighted by Crippen LogP contribution is 2.30. The van der Waals surface area contributed by atoms with Crippen molar-refractivity contribution in [2.45, 2.75) is 30.6 Å². The van der Waals surface area contributed by atoms with Gasteiger partial charge in [-0.25, -0.2) is 8.78 Å². The van der Waals surface area contributed by atoms with Crippen molar-refractivity contribution >= 4 is 11.8 Å². The molecule has 0 amide bonds. The third-order valence-corrected chi connectivity index (χ3v) is 3.07. The van der Waals surface area contributed by atoms with Crippen LogP contribution in [0.4, 0.5) is 8.78 Å². The molecule has 1 N–H and O–H groups in total. The molecule has 1 nitrogen and oxygen atoms in total. The minimum Gasteiger partial charge on any atom is -0.386 e. The first-order valence-electron chi connectivity index (χ1n) is 3.29. The first-order chi connectivity index (χ1) is 4.72. The summed E-state index contributed by atoms with van der Waals surface area (Å²) in [5.41, 5.74) is 0. The van der Waals surface area contributed by atoms with Gasteiger partial charge in [-0.2, -0.15) is 11.8 Å². The van der Waals surface area contributed by atoms with Gasteiger partial charge in [0.15, 0.2) is 0 Å². The molecule has 1 fully saturated rings. The van der Waals surface area contributed by atoms with Crippen LogP contribution in [0, 0.1) is 0 Å². The van der Waals surface area contributed by atoms with E-state index in [9.17, 15) is 8.78 Å². The van der Waals surface area contributed by atoms with Crippen LogP contribution in [0.1, 0.15) is 12.8 Å². The molecular formula is C6H10F2OS. The van der Waals surface area contributed by atoms with Crippen molar-refractivity contribution in [3.05, 3.63) is 0 Å².